The number of guanidine groups is 1. The van der Waals surface area contributed by atoms with E-state index < -0.39 is 0 Å². The second kappa shape index (κ2) is 10.6. The van der Waals surface area contributed by atoms with Crippen molar-refractivity contribution in [3.05, 3.63) is 48.0 Å². The number of hydrogen-bond acceptors (Lipinski definition) is 4. The van der Waals surface area contributed by atoms with Gasteiger partial charge in [0.05, 0.1) is 6.54 Å². The van der Waals surface area contributed by atoms with E-state index in [1.807, 2.05) is 25.2 Å². The Morgan fingerprint density at radius 3 is 2.50 bits per heavy atom. The van der Waals surface area contributed by atoms with Crippen LogP contribution in [-0.2, 0) is 13.6 Å². The van der Waals surface area contributed by atoms with Crippen molar-refractivity contribution in [2.24, 2.45) is 12.0 Å². The molecule has 130 valence electrons. The van der Waals surface area contributed by atoms with Crippen molar-refractivity contribution in [2.75, 3.05) is 20.1 Å². The molecule has 0 aliphatic heterocycles. The molecule has 9 heteroatoms. The lowest BCUT2D eigenvalue weighted by Gasteiger charge is -2.12. The van der Waals surface area contributed by atoms with E-state index in [0.29, 0.717) is 31.2 Å². The number of carbonyl (C=O) groups excluding carboxylic acids is 1. The Morgan fingerprint density at radius 2 is 1.88 bits per heavy atom. The van der Waals surface area contributed by atoms with Crippen LogP contribution < -0.4 is 16.0 Å². The molecule has 2 rings (SSSR count). The molecule has 24 heavy (non-hydrogen) atoms. The molecule has 0 aliphatic rings. The Hall–Kier alpha value is -2.17. The normalized spacial score (nSPS) is 10.7. The fourth-order valence-corrected chi connectivity index (χ4v) is 1.91. The van der Waals surface area contributed by atoms with Crippen LogP contribution in [0.1, 0.15) is 16.2 Å². The molecular weight excluding hydrogens is 421 g/mol. The van der Waals surface area contributed by atoms with Gasteiger partial charge in [0.15, 0.2) is 5.96 Å². The lowest BCUT2D eigenvalue weighted by Crippen LogP contribution is -2.41. The van der Waals surface area contributed by atoms with Crippen LogP contribution in [0.4, 0.5) is 0 Å². The van der Waals surface area contributed by atoms with Crippen LogP contribution in [0, 0.1) is 0 Å². The van der Waals surface area contributed by atoms with Crippen LogP contribution in [0.15, 0.2) is 41.7 Å². The molecule has 0 radical (unpaired) electrons. The minimum Gasteiger partial charge on any atom is -0.355 e. The van der Waals surface area contributed by atoms with Crippen molar-refractivity contribution in [3.63, 3.8) is 0 Å². The number of nitrogens with one attached hydrogen (secondary N) is 3. The zero-order chi connectivity index (χ0) is 16.5. The van der Waals surface area contributed by atoms with Crippen LogP contribution in [-0.4, -0.2) is 46.8 Å². The second-order valence-electron chi connectivity index (χ2n) is 4.77. The van der Waals surface area contributed by atoms with E-state index in [4.69, 9.17) is 0 Å². The summed E-state index contributed by atoms with van der Waals surface area (Å²) in [6.45, 7) is 1.59. The number of benzene rings is 1. The molecule has 1 aromatic carbocycles. The van der Waals surface area contributed by atoms with Crippen molar-refractivity contribution in [1.29, 1.82) is 0 Å². The zero-order valence-electron chi connectivity index (χ0n) is 13.7. The molecule has 0 spiro atoms. The number of aryl methyl sites for hydroxylation is 1. The number of carbonyl (C=O) groups is 1. The highest BCUT2D eigenvalue weighted by Crippen LogP contribution is 1.97. The van der Waals surface area contributed by atoms with E-state index in [9.17, 15) is 4.79 Å². The molecule has 0 saturated carbocycles. The number of rotatable bonds is 6. The van der Waals surface area contributed by atoms with Gasteiger partial charge in [0.2, 0.25) is 0 Å². The first-order valence-corrected chi connectivity index (χ1v) is 7.31. The third-order valence-corrected chi connectivity index (χ3v) is 3.18. The molecule has 3 N–H and O–H groups in total. The fourth-order valence-electron chi connectivity index (χ4n) is 1.91. The highest BCUT2D eigenvalue weighted by Gasteiger charge is 2.04. The molecule has 0 atom stereocenters. The summed E-state index contributed by atoms with van der Waals surface area (Å²) in [5.41, 5.74) is 0.650. The molecule has 1 amide bonds. The van der Waals surface area contributed by atoms with Gasteiger partial charge >= 0.3 is 0 Å². The standard InChI is InChI=1S/C15H21N7O.HI/c1-16-15(19-10-13-20-11-21-22(13)2)18-9-8-17-14(23)12-6-4-3-5-7-12;/h3-7,11H,8-10H2,1-2H3,(H,17,23)(H2,16,18,19);1H. The minimum absolute atomic E-state index is 0. The van der Waals surface area contributed by atoms with Crippen LogP contribution >= 0.6 is 24.0 Å². The Labute approximate surface area is 158 Å². The van der Waals surface area contributed by atoms with Crippen molar-refractivity contribution in [3.8, 4) is 0 Å². The summed E-state index contributed by atoms with van der Waals surface area (Å²) in [7, 11) is 3.52. The van der Waals surface area contributed by atoms with Crippen LogP contribution in [0.2, 0.25) is 0 Å². The molecule has 8 nitrogen and oxygen atoms in total. The topological polar surface area (TPSA) is 96.2 Å². The summed E-state index contributed by atoms with van der Waals surface area (Å²) >= 11 is 0. The summed E-state index contributed by atoms with van der Waals surface area (Å²) in [4.78, 5) is 20.1. The molecule has 0 aliphatic carbocycles. The van der Waals surface area contributed by atoms with Gasteiger partial charge in [-0.15, -0.1) is 24.0 Å². The lowest BCUT2D eigenvalue weighted by molar-refractivity contribution is 0.0954. The van der Waals surface area contributed by atoms with Crippen LogP contribution in [0.3, 0.4) is 0 Å². The van der Waals surface area contributed by atoms with Crippen molar-refractivity contribution in [1.82, 2.24) is 30.7 Å². The highest BCUT2D eigenvalue weighted by atomic mass is 127. The van der Waals surface area contributed by atoms with Crippen LogP contribution in [0.25, 0.3) is 0 Å². The number of amides is 1. The van der Waals surface area contributed by atoms with E-state index >= 15 is 0 Å². The smallest absolute Gasteiger partial charge is 0.251 e. The Bertz CT molecular complexity index is 657. The maximum absolute atomic E-state index is 11.9. The first kappa shape index (κ1) is 19.9. The number of nitrogens with zero attached hydrogens (tertiary/aromatic N) is 4. The van der Waals surface area contributed by atoms with Gasteiger partial charge in [0.1, 0.15) is 12.2 Å². The van der Waals surface area contributed by atoms with Crippen molar-refractivity contribution in [2.45, 2.75) is 6.54 Å². The predicted octanol–water partition coefficient (Wildman–Crippen LogP) is 0.528. The first-order chi connectivity index (χ1) is 11.2. The third kappa shape index (κ3) is 6.14. The Balaban J connectivity index is 0.00000288. The second-order valence-corrected chi connectivity index (χ2v) is 4.77. The highest BCUT2D eigenvalue weighted by molar-refractivity contribution is 14.0. The van der Waals surface area contributed by atoms with Gasteiger partial charge in [-0.25, -0.2) is 4.98 Å². The average Bonchev–Trinajstić information content (AvgIpc) is 3.00. The van der Waals surface area contributed by atoms with E-state index in [1.165, 1.54) is 6.33 Å². The van der Waals surface area contributed by atoms with Gasteiger partial charge in [-0.1, -0.05) is 18.2 Å². The van der Waals surface area contributed by atoms with Gasteiger partial charge in [-0.3, -0.25) is 14.5 Å². The molecular formula is C15H22IN7O. The molecule has 0 saturated heterocycles. The quantitative estimate of drug-likeness (QED) is 0.262. The summed E-state index contributed by atoms with van der Waals surface area (Å²) in [5, 5.41) is 13.1. The van der Waals surface area contributed by atoms with E-state index in [0.717, 1.165) is 5.82 Å². The molecule has 0 fully saturated rings. The minimum atomic E-state index is -0.0885. The van der Waals surface area contributed by atoms with Crippen molar-refractivity contribution < 1.29 is 4.79 Å². The van der Waals surface area contributed by atoms with Crippen molar-refractivity contribution >= 4 is 35.8 Å². The summed E-state index contributed by atoms with van der Waals surface area (Å²) in [6, 6.07) is 9.12. The lowest BCUT2D eigenvalue weighted by atomic mass is 10.2. The maximum atomic E-state index is 11.9. The summed E-state index contributed by atoms with van der Waals surface area (Å²) < 4.78 is 1.69. The SMILES string of the molecule is CN=C(NCCNC(=O)c1ccccc1)NCc1ncnn1C.I. The van der Waals surface area contributed by atoms with Gasteiger partial charge in [0, 0.05) is 32.7 Å². The van der Waals surface area contributed by atoms with Crippen LogP contribution in [0.5, 0.6) is 0 Å². The molecule has 2 aromatic rings. The first-order valence-electron chi connectivity index (χ1n) is 7.31. The number of aromatic nitrogens is 3. The van der Waals surface area contributed by atoms with E-state index in [1.54, 1.807) is 23.9 Å². The Morgan fingerprint density at radius 1 is 1.17 bits per heavy atom. The van der Waals surface area contributed by atoms with E-state index in [2.05, 4.69) is 31.0 Å². The average molecular weight is 443 g/mol. The Kier molecular flexibility index (Phi) is 8.76. The van der Waals surface area contributed by atoms with Gasteiger partial charge in [-0.2, -0.15) is 5.10 Å². The van der Waals surface area contributed by atoms with Gasteiger partial charge in [-0.05, 0) is 12.1 Å². The van der Waals surface area contributed by atoms with Gasteiger partial charge < -0.3 is 16.0 Å². The maximum Gasteiger partial charge on any atom is 0.251 e. The number of aliphatic imine (C=N–C) groups is 1. The molecule has 0 unspecified atom stereocenters. The molecule has 0 bridgehead atoms. The summed E-state index contributed by atoms with van der Waals surface area (Å²) in [5.74, 6) is 1.36. The summed E-state index contributed by atoms with van der Waals surface area (Å²) in [6.07, 6.45) is 1.51. The monoisotopic (exact) mass is 443 g/mol. The fraction of sp³-hybridized carbons (Fsp3) is 0.333. The number of hydrogen-bond donors (Lipinski definition) is 3. The van der Waals surface area contributed by atoms with E-state index in [-0.39, 0.29) is 29.9 Å². The van der Waals surface area contributed by atoms with Gasteiger partial charge in [0.25, 0.3) is 5.91 Å². The zero-order valence-corrected chi connectivity index (χ0v) is 16.0. The largest absolute Gasteiger partial charge is 0.355 e. The molecule has 1 heterocycles. The number of halogens is 1. The predicted molar refractivity (Wildman–Crippen MR) is 103 cm³/mol. The third-order valence-electron chi connectivity index (χ3n) is 3.18. The molecule has 1 aromatic heterocycles.